The zero-order valence-electron chi connectivity index (χ0n) is 15.3. The third-order valence-electron chi connectivity index (χ3n) is 4.68. The van der Waals surface area contributed by atoms with Crippen LogP contribution < -0.4 is 10.2 Å². The maximum atomic E-state index is 13.4. The van der Waals surface area contributed by atoms with Gasteiger partial charge in [-0.15, -0.1) is 0 Å². The smallest absolute Gasteiger partial charge is 0.270 e. The number of piperazine rings is 1. The van der Waals surface area contributed by atoms with Crippen molar-refractivity contribution >= 4 is 23.0 Å². The zero-order valence-corrected chi connectivity index (χ0v) is 15.3. The molecule has 1 aliphatic heterocycles. The minimum atomic E-state index is -2.85. The van der Waals surface area contributed by atoms with Crippen LogP contribution in [0.25, 0.3) is 0 Å². The van der Waals surface area contributed by atoms with Crippen molar-refractivity contribution in [3.05, 3.63) is 66.7 Å². The molecule has 0 saturated carbocycles. The van der Waals surface area contributed by atoms with E-state index in [1.165, 1.54) is 18.2 Å². The first kappa shape index (κ1) is 18.9. The normalized spacial score (nSPS) is 14.8. The third kappa shape index (κ3) is 4.45. The molecular weight excluding hydrogens is 348 g/mol. The van der Waals surface area contributed by atoms with Crippen molar-refractivity contribution in [1.82, 2.24) is 4.90 Å². The Morgan fingerprint density at radius 3 is 2.30 bits per heavy atom. The van der Waals surface area contributed by atoms with Crippen LogP contribution in [0.1, 0.15) is 12.5 Å². The van der Waals surface area contributed by atoms with Crippen molar-refractivity contribution in [2.45, 2.75) is 12.8 Å². The number of anilines is 3. The molecular formula is C21H23F2N3O. The van der Waals surface area contributed by atoms with Gasteiger partial charge in [-0.25, -0.2) is 8.78 Å². The number of amides is 1. The predicted molar refractivity (Wildman–Crippen MR) is 105 cm³/mol. The SMILES string of the molecule is C=CC(=O)N1CCN(c2ccccc2Nc2ccc(C(C)(F)F)cc2)CC1. The molecule has 27 heavy (non-hydrogen) atoms. The summed E-state index contributed by atoms with van der Waals surface area (Å²) in [7, 11) is 0. The Morgan fingerprint density at radius 1 is 1.07 bits per heavy atom. The fraction of sp³-hybridized carbons (Fsp3) is 0.286. The van der Waals surface area contributed by atoms with E-state index in [2.05, 4.69) is 16.8 Å². The maximum absolute atomic E-state index is 13.4. The Morgan fingerprint density at radius 2 is 1.70 bits per heavy atom. The third-order valence-corrected chi connectivity index (χ3v) is 4.68. The fourth-order valence-electron chi connectivity index (χ4n) is 3.15. The molecule has 1 aliphatic rings. The van der Waals surface area contributed by atoms with E-state index >= 15 is 0 Å². The average Bonchev–Trinajstić information content (AvgIpc) is 2.68. The summed E-state index contributed by atoms with van der Waals surface area (Å²) in [6, 6.07) is 14.0. The van der Waals surface area contributed by atoms with Gasteiger partial charge in [0.25, 0.3) is 5.92 Å². The molecule has 1 N–H and O–H groups in total. The standard InChI is InChI=1S/C21H23F2N3O/c1-3-20(27)26-14-12-25(13-15-26)19-7-5-4-6-18(19)24-17-10-8-16(9-11-17)21(2,22)23/h3-11,24H,1,12-15H2,2H3. The van der Waals surface area contributed by atoms with Crippen molar-refractivity contribution in [3.8, 4) is 0 Å². The summed E-state index contributed by atoms with van der Waals surface area (Å²) in [5.74, 6) is -2.90. The van der Waals surface area contributed by atoms with Crippen LogP contribution in [0.5, 0.6) is 0 Å². The molecule has 2 aromatic rings. The number of nitrogens with one attached hydrogen (secondary N) is 1. The van der Waals surface area contributed by atoms with Gasteiger partial charge >= 0.3 is 0 Å². The second-order valence-corrected chi connectivity index (χ2v) is 6.62. The molecule has 142 valence electrons. The fourth-order valence-corrected chi connectivity index (χ4v) is 3.15. The Bertz CT molecular complexity index is 807. The van der Waals surface area contributed by atoms with E-state index in [-0.39, 0.29) is 11.5 Å². The van der Waals surface area contributed by atoms with Gasteiger partial charge in [-0.2, -0.15) is 0 Å². The first-order chi connectivity index (χ1) is 12.9. The van der Waals surface area contributed by atoms with E-state index in [0.717, 1.165) is 37.1 Å². The van der Waals surface area contributed by atoms with Gasteiger partial charge in [0.05, 0.1) is 11.4 Å². The lowest BCUT2D eigenvalue weighted by Crippen LogP contribution is -2.48. The summed E-state index contributed by atoms with van der Waals surface area (Å²) < 4.78 is 26.7. The van der Waals surface area contributed by atoms with Crippen molar-refractivity contribution in [1.29, 1.82) is 0 Å². The van der Waals surface area contributed by atoms with Gasteiger partial charge in [-0.3, -0.25) is 4.79 Å². The average molecular weight is 371 g/mol. The number of rotatable bonds is 5. The molecule has 0 aliphatic carbocycles. The van der Waals surface area contributed by atoms with Crippen LogP contribution in [0.2, 0.25) is 0 Å². The number of carbonyl (C=O) groups excluding carboxylic acids is 1. The molecule has 0 unspecified atom stereocenters. The van der Waals surface area contributed by atoms with E-state index in [1.807, 2.05) is 24.3 Å². The largest absolute Gasteiger partial charge is 0.366 e. The van der Waals surface area contributed by atoms with E-state index in [4.69, 9.17) is 0 Å². The number of benzene rings is 2. The number of hydrogen-bond donors (Lipinski definition) is 1. The molecule has 0 spiro atoms. The highest BCUT2D eigenvalue weighted by atomic mass is 19.3. The van der Waals surface area contributed by atoms with Crippen LogP contribution >= 0.6 is 0 Å². The lowest BCUT2D eigenvalue weighted by molar-refractivity contribution is -0.126. The van der Waals surface area contributed by atoms with Crippen LogP contribution in [0.3, 0.4) is 0 Å². The van der Waals surface area contributed by atoms with E-state index in [9.17, 15) is 13.6 Å². The van der Waals surface area contributed by atoms with Gasteiger partial charge in [0.2, 0.25) is 5.91 Å². The van der Waals surface area contributed by atoms with Crippen LogP contribution in [0.15, 0.2) is 61.2 Å². The monoisotopic (exact) mass is 371 g/mol. The molecule has 0 bridgehead atoms. The molecule has 1 saturated heterocycles. The van der Waals surface area contributed by atoms with Gasteiger partial charge in [0.1, 0.15) is 0 Å². The molecule has 1 fully saturated rings. The van der Waals surface area contributed by atoms with Crippen LogP contribution in [0, 0.1) is 0 Å². The van der Waals surface area contributed by atoms with Gasteiger partial charge in [-0.05, 0) is 30.3 Å². The van der Waals surface area contributed by atoms with Gasteiger partial charge in [0, 0.05) is 44.4 Å². The lowest BCUT2D eigenvalue weighted by atomic mass is 10.1. The van der Waals surface area contributed by atoms with Crippen molar-refractivity contribution in [2.75, 3.05) is 36.4 Å². The van der Waals surface area contributed by atoms with Crippen LogP contribution in [0.4, 0.5) is 25.8 Å². The Kier molecular flexibility index (Phi) is 5.44. The molecule has 4 nitrogen and oxygen atoms in total. The van der Waals surface area contributed by atoms with E-state index in [0.29, 0.717) is 13.1 Å². The molecule has 2 aromatic carbocycles. The highest BCUT2D eigenvalue weighted by Crippen LogP contribution is 2.31. The number of halogens is 2. The summed E-state index contributed by atoms with van der Waals surface area (Å²) >= 11 is 0. The molecule has 0 atom stereocenters. The van der Waals surface area contributed by atoms with Crippen molar-refractivity contribution < 1.29 is 13.6 Å². The predicted octanol–water partition coefficient (Wildman–Crippen LogP) is 4.38. The first-order valence-corrected chi connectivity index (χ1v) is 8.89. The molecule has 1 heterocycles. The molecule has 3 rings (SSSR count). The number of para-hydroxylation sites is 2. The van der Waals surface area contributed by atoms with Crippen molar-refractivity contribution in [2.24, 2.45) is 0 Å². The molecule has 6 heteroatoms. The van der Waals surface area contributed by atoms with Gasteiger partial charge in [0.15, 0.2) is 0 Å². The zero-order chi connectivity index (χ0) is 19.4. The quantitative estimate of drug-likeness (QED) is 0.793. The molecule has 0 radical (unpaired) electrons. The summed E-state index contributed by atoms with van der Waals surface area (Å²) in [5, 5.41) is 3.31. The first-order valence-electron chi connectivity index (χ1n) is 8.89. The number of nitrogens with zero attached hydrogens (tertiary/aromatic N) is 2. The molecule has 1 amide bonds. The number of carbonyl (C=O) groups is 1. The summed E-state index contributed by atoms with van der Waals surface area (Å²) in [4.78, 5) is 15.7. The van der Waals surface area contributed by atoms with E-state index < -0.39 is 5.92 Å². The highest BCUT2D eigenvalue weighted by Gasteiger charge is 2.24. The second kappa shape index (κ2) is 7.78. The summed E-state index contributed by atoms with van der Waals surface area (Å²) in [5.41, 5.74) is 2.66. The van der Waals surface area contributed by atoms with Crippen LogP contribution in [-0.4, -0.2) is 37.0 Å². The number of alkyl halides is 2. The van der Waals surface area contributed by atoms with Gasteiger partial charge in [-0.1, -0.05) is 30.8 Å². The number of hydrogen-bond acceptors (Lipinski definition) is 3. The highest BCUT2D eigenvalue weighted by molar-refractivity contribution is 5.87. The minimum Gasteiger partial charge on any atom is -0.366 e. The Balaban J connectivity index is 1.73. The second-order valence-electron chi connectivity index (χ2n) is 6.62. The minimum absolute atomic E-state index is 0.00987. The van der Waals surface area contributed by atoms with E-state index in [1.54, 1.807) is 17.0 Å². The molecule has 0 aromatic heterocycles. The topological polar surface area (TPSA) is 35.6 Å². The van der Waals surface area contributed by atoms with Crippen molar-refractivity contribution in [3.63, 3.8) is 0 Å². The van der Waals surface area contributed by atoms with Crippen LogP contribution in [-0.2, 0) is 10.7 Å². The Labute approximate surface area is 158 Å². The summed E-state index contributed by atoms with van der Waals surface area (Å²) in [6.45, 7) is 7.14. The lowest BCUT2D eigenvalue weighted by Gasteiger charge is -2.36. The Hall–Kier alpha value is -2.89. The summed E-state index contributed by atoms with van der Waals surface area (Å²) in [6.07, 6.45) is 1.34. The maximum Gasteiger partial charge on any atom is 0.270 e. The van der Waals surface area contributed by atoms with Gasteiger partial charge < -0.3 is 15.1 Å².